The van der Waals surface area contributed by atoms with Crippen molar-refractivity contribution in [2.75, 3.05) is 0 Å². The minimum atomic E-state index is -4.39. The van der Waals surface area contributed by atoms with E-state index in [2.05, 4.69) is 10.4 Å². The minimum absolute atomic E-state index is 0.0327. The fourth-order valence-corrected chi connectivity index (χ4v) is 2.66. The first-order chi connectivity index (χ1) is 10.9. The van der Waals surface area contributed by atoms with Gasteiger partial charge in [0.05, 0.1) is 5.56 Å². The summed E-state index contributed by atoms with van der Waals surface area (Å²) in [6.45, 7) is 0.835. The number of halogens is 3. The largest absolute Gasteiger partial charge is 0.416 e. The maximum Gasteiger partial charge on any atom is 0.416 e. The SMILES string of the molecule is O=C(NCc1cccc(C(F)(F)F)c1)c1cc2n(n1)CCCC2. The number of hydrogen-bond donors (Lipinski definition) is 1. The zero-order valence-corrected chi connectivity index (χ0v) is 12.4. The highest BCUT2D eigenvalue weighted by Gasteiger charge is 2.30. The quantitative estimate of drug-likeness (QED) is 0.943. The molecule has 0 radical (unpaired) electrons. The van der Waals surface area contributed by atoms with Crippen molar-refractivity contribution >= 4 is 5.91 Å². The van der Waals surface area contributed by atoms with Gasteiger partial charge in [-0.1, -0.05) is 12.1 Å². The van der Waals surface area contributed by atoms with Gasteiger partial charge >= 0.3 is 6.18 Å². The van der Waals surface area contributed by atoms with Gasteiger partial charge in [-0.3, -0.25) is 9.48 Å². The zero-order valence-electron chi connectivity index (χ0n) is 12.4. The molecule has 0 saturated heterocycles. The number of carbonyl (C=O) groups is 1. The maximum atomic E-state index is 12.7. The number of fused-ring (bicyclic) bond motifs is 1. The fraction of sp³-hybridized carbons (Fsp3) is 0.375. The van der Waals surface area contributed by atoms with E-state index in [0.29, 0.717) is 11.3 Å². The van der Waals surface area contributed by atoms with Crippen molar-refractivity contribution in [3.05, 3.63) is 52.8 Å². The van der Waals surface area contributed by atoms with Crippen LogP contribution in [0.3, 0.4) is 0 Å². The van der Waals surface area contributed by atoms with Crippen molar-refractivity contribution in [1.29, 1.82) is 0 Å². The molecule has 1 aliphatic rings. The van der Waals surface area contributed by atoms with E-state index >= 15 is 0 Å². The van der Waals surface area contributed by atoms with Crippen LogP contribution in [0.5, 0.6) is 0 Å². The number of alkyl halides is 3. The summed E-state index contributed by atoms with van der Waals surface area (Å²) in [7, 11) is 0. The zero-order chi connectivity index (χ0) is 16.4. The molecule has 0 aliphatic carbocycles. The molecule has 0 atom stereocenters. The molecular weight excluding hydrogens is 307 g/mol. The van der Waals surface area contributed by atoms with Crippen molar-refractivity contribution in [3.8, 4) is 0 Å². The predicted octanol–water partition coefficient (Wildman–Crippen LogP) is 3.17. The van der Waals surface area contributed by atoms with Gasteiger partial charge in [-0.2, -0.15) is 18.3 Å². The number of nitrogens with zero attached hydrogens (tertiary/aromatic N) is 2. The summed E-state index contributed by atoms with van der Waals surface area (Å²) in [6.07, 6.45) is -1.37. The molecule has 3 rings (SSSR count). The van der Waals surface area contributed by atoms with Gasteiger partial charge in [0.2, 0.25) is 0 Å². The number of nitrogens with one attached hydrogen (secondary N) is 1. The van der Waals surface area contributed by atoms with Crippen LogP contribution in [0.25, 0.3) is 0 Å². The van der Waals surface area contributed by atoms with Crippen LogP contribution < -0.4 is 5.32 Å². The van der Waals surface area contributed by atoms with Gasteiger partial charge < -0.3 is 5.32 Å². The normalized spacial score (nSPS) is 14.4. The molecule has 122 valence electrons. The lowest BCUT2D eigenvalue weighted by molar-refractivity contribution is -0.137. The third-order valence-corrected chi connectivity index (χ3v) is 3.86. The molecule has 0 unspecified atom stereocenters. The molecule has 1 aromatic carbocycles. The third-order valence-electron chi connectivity index (χ3n) is 3.86. The first-order valence-corrected chi connectivity index (χ1v) is 7.44. The fourth-order valence-electron chi connectivity index (χ4n) is 2.66. The van der Waals surface area contributed by atoms with Crippen molar-refractivity contribution < 1.29 is 18.0 Å². The molecule has 4 nitrogen and oxygen atoms in total. The average Bonchev–Trinajstić information content (AvgIpc) is 2.96. The first-order valence-electron chi connectivity index (χ1n) is 7.44. The Labute approximate surface area is 131 Å². The van der Waals surface area contributed by atoms with E-state index in [9.17, 15) is 18.0 Å². The Hall–Kier alpha value is -2.31. The number of carbonyl (C=O) groups excluding carboxylic acids is 1. The van der Waals surface area contributed by atoms with Crippen LogP contribution in [-0.2, 0) is 25.7 Å². The summed E-state index contributed by atoms with van der Waals surface area (Å²) in [5, 5.41) is 6.87. The van der Waals surface area contributed by atoms with E-state index in [1.807, 2.05) is 4.68 Å². The number of hydrogen-bond acceptors (Lipinski definition) is 2. The summed E-state index contributed by atoms with van der Waals surface area (Å²) in [5.74, 6) is -0.371. The Morgan fingerprint density at radius 1 is 1.26 bits per heavy atom. The van der Waals surface area contributed by atoms with E-state index in [0.717, 1.165) is 43.6 Å². The topological polar surface area (TPSA) is 46.9 Å². The second kappa shape index (κ2) is 6.06. The average molecular weight is 323 g/mol. The van der Waals surface area contributed by atoms with Gasteiger partial charge in [0.15, 0.2) is 0 Å². The van der Waals surface area contributed by atoms with Crippen LogP contribution >= 0.6 is 0 Å². The van der Waals surface area contributed by atoms with Gasteiger partial charge in [0.25, 0.3) is 5.91 Å². The molecule has 0 fully saturated rings. The molecule has 1 amide bonds. The molecule has 2 heterocycles. The van der Waals surface area contributed by atoms with Gasteiger partial charge in [-0.15, -0.1) is 0 Å². The number of amides is 1. The first kappa shape index (κ1) is 15.6. The molecule has 23 heavy (non-hydrogen) atoms. The second-order valence-corrected chi connectivity index (χ2v) is 5.58. The van der Waals surface area contributed by atoms with Gasteiger partial charge in [0.1, 0.15) is 5.69 Å². The Balaban J connectivity index is 1.66. The molecule has 1 N–H and O–H groups in total. The Bertz CT molecular complexity index is 698. The molecule has 1 aromatic heterocycles. The van der Waals surface area contributed by atoms with Crippen LogP contribution in [-0.4, -0.2) is 15.7 Å². The van der Waals surface area contributed by atoms with E-state index in [-0.39, 0.29) is 12.5 Å². The van der Waals surface area contributed by atoms with Crippen molar-refractivity contribution in [3.63, 3.8) is 0 Å². The molecule has 1 aliphatic heterocycles. The number of aromatic nitrogens is 2. The van der Waals surface area contributed by atoms with Crippen LogP contribution in [0.4, 0.5) is 13.2 Å². The molecular formula is C16H16F3N3O. The Morgan fingerprint density at radius 2 is 2.09 bits per heavy atom. The van der Waals surface area contributed by atoms with Crippen LogP contribution in [0.1, 0.15) is 40.2 Å². The van der Waals surface area contributed by atoms with E-state index in [1.165, 1.54) is 6.07 Å². The third kappa shape index (κ3) is 3.55. The summed E-state index contributed by atoms with van der Waals surface area (Å²) in [5.41, 5.74) is 1.02. The minimum Gasteiger partial charge on any atom is -0.347 e. The predicted molar refractivity (Wildman–Crippen MR) is 77.8 cm³/mol. The summed E-state index contributed by atoms with van der Waals surface area (Å²) < 4.78 is 39.8. The Kier molecular flexibility index (Phi) is 4.11. The molecule has 0 spiro atoms. The molecule has 7 heteroatoms. The van der Waals surface area contributed by atoms with Crippen molar-refractivity contribution in [2.45, 2.75) is 38.5 Å². The monoisotopic (exact) mass is 323 g/mol. The van der Waals surface area contributed by atoms with E-state index in [4.69, 9.17) is 0 Å². The molecule has 0 bridgehead atoms. The lowest BCUT2D eigenvalue weighted by Crippen LogP contribution is -2.23. The molecule has 2 aromatic rings. The van der Waals surface area contributed by atoms with Gasteiger partial charge in [-0.05, 0) is 43.0 Å². The number of aryl methyl sites for hydroxylation is 2. The maximum absolute atomic E-state index is 12.7. The smallest absolute Gasteiger partial charge is 0.347 e. The second-order valence-electron chi connectivity index (χ2n) is 5.58. The lowest BCUT2D eigenvalue weighted by Gasteiger charge is -2.11. The van der Waals surface area contributed by atoms with Gasteiger partial charge in [-0.25, -0.2) is 0 Å². The number of rotatable bonds is 3. The lowest BCUT2D eigenvalue weighted by atomic mass is 10.1. The van der Waals surface area contributed by atoms with Crippen LogP contribution in [0.2, 0.25) is 0 Å². The van der Waals surface area contributed by atoms with Crippen molar-refractivity contribution in [1.82, 2.24) is 15.1 Å². The van der Waals surface area contributed by atoms with E-state index < -0.39 is 11.7 Å². The Morgan fingerprint density at radius 3 is 2.83 bits per heavy atom. The van der Waals surface area contributed by atoms with E-state index in [1.54, 1.807) is 12.1 Å². The molecule has 0 saturated carbocycles. The van der Waals surface area contributed by atoms with Crippen molar-refractivity contribution in [2.24, 2.45) is 0 Å². The summed E-state index contributed by atoms with van der Waals surface area (Å²) in [6, 6.07) is 6.68. The highest BCUT2D eigenvalue weighted by atomic mass is 19.4. The summed E-state index contributed by atoms with van der Waals surface area (Å²) >= 11 is 0. The van der Waals surface area contributed by atoms with Crippen LogP contribution in [0.15, 0.2) is 30.3 Å². The van der Waals surface area contributed by atoms with Crippen LogP contribution in [0, 0.1) is 0 Å². The highest BCUT2D eigenvalue weighted by molar-refractivity contribution is 5.92. The number of benzene rings is 1. The standard InChI is InChI=1S/C16H16F3N3O/c17-16(18,19)12-5-3-4-11(8-12)10-20-15(23)14-9-13-6-1-2-7-22(13)21-14/h3-5,8-9H,1-2,6-7,10H2,(H,20,23). The van der Waals surface area contributed by atoms with Gasteiger partial charge in [0, 0.05) is 18.8 Å². The summed E-state index contributed by atoms with van der Waals surface area (Å²) in [4.78, 5) is 12.1. The highest BCUT2D eigenvalue weighted by Crippen LogP contribution is 2.29.